The summed E-state index contributed by atoms with van der Waals surface area (Å²) in [5.41, 5.74) is 11.8. The van der Waals surface area contributed by atoms with Crippen LogP contribution in [-0.4, -0.2) is 0 Å². The molecule has 0 fully saturated rings. The molecule has 6 heteroatoms. The van der Waals surface area contributed by atoms with Crippen LogP contribution in [0.25, 0.3) is 0 Å². The molecule has 364 valence electrons. The summed E-state index contributed by atoms with van der Waals surface area (Å²) in [6, 6.07) is 82.6. The van der Waals surface area contributed by atoms with Crippen molar-refractivity contribution < 1.29 is 39.4 Å². The predicted octanol–water partition coefficient (Wildman–Crippen LogP) is 10.6. The van der Waals surface area contributed by atoms with E-state index in [1.165, 1.54) is 105 Å². The van der Waals surface area contributed by atoms with Crippen molar-refractivity contribution >= 4 is 71.5 Å². The van der Waals surface area contributed by atoms with Crippen molar-refractivity contribution in [3.8, 4) is 6.07 Å². The molecule has 0 atom stereocenters. The Morgan fingerprint density at radius 3 is 0.366 bits per heavy atom. The van der Waals surface area contributed by atoms with Crippen LogP contribution in [-0.2, 0) is 22.4 Å². The third-order valence-corrected chi connectivity index (χ3v) is 19.0. The van der Waals surface area contributed by atoms with E-state index >= 15 is 0 Å². The molecule has 71 heavy (non-hydrogen) atoms. The average molecular weight is 1140 g/mol. The number of nitriles is 1. The predicted molar refractivity (Wildman–Crippen MR) is 309 cm³/mol. The molecule has 1 nitrogen and oxygen atoms in total. The first kappa shape index (κ1) is 58.6. The van der Waals surface area contributed by atoms with Gasteiger partial charge in [0.15, 0.2) is 0 Å². The normalized spacial score (nSPS) is 10.3. The third-order valence-electron chi connectivity index (χ3n) is 11.6. The van der Waals surface area contributed by atoms with Crippen LogP contribution >= 0.6 is 23.8 Å². The summed E-state index contributed by atoms with van der Waals surface area (Å²) in [7, 11) is -1.45. The fraction of sp³-hybridized carbons (Fsp3) is 0.154. The summed E-state index contributed by atoms with van der Waals surface area (Å²) >= 11 is 0. The quantitative estimate of drug-likeness (QED) is 0.104. The van der Waals surface area contributed by atoms with Gasteiger partial charge in [-0.25, -0.2) is 0 Å². The van der Waals surface area contributed by atoms with E-state index in [0.29, 0.717) is 0 Å². The van der Waals surface area contributed by atoms with Crippen LogP contribution in [0.5, 0.6) is 0 Å². The second-order valence-corrected chi connectivity index (χ2v) is 24.4. The number of benzene rings is 9. The van der Waals surface area contributed by atoms with Crippen molar-refractivity contribution in [3.05, 3.63) is 268 Å². The van der Waals surface area contributed by atoms with Gasteiger partial charge in [0.1, 0.15) is 0 Å². The van der Waals surface area contributed by atoms with Gasteiger partial charge in [0, 0.05) is 6.92 Å². The minimum absolute atomic E-state index is 0. The number of halogens is 1. The van der Waals surface area contributed by atoms with E-state index in [1.807, 2.05) is 0 Å². The van der Waals surface area contributed by atoms with E-state index < -0.39 is 23.8 Å². The molecule has 0 aromatic heterocycles. The minimum atomic E-state index is -0.483. The SMILES string of the molecule is CC#N.Cc1ccc(P(c2ccc(C)cc2)c2ccc(C)cc2)cc1.Cc1ccc(P(c2ccc(C)cc2)c2ccc(C)cc2)cc1.Cc1ccc(P(c2ccc(C)cc2)c2ccc(C)cc2)cc1.[Ag+].[Br-]. The Balaban J connectivity index is 0.000000222. The van der Waals surface area contributed by atoms with Crippen molar-refractivity contribution in [2.24, 2.45) is 0 Å². The first-order valence-electron chi connectivity index (χ1n) is 23.6. The van der Waals surface area contributed by atoms with E-state index in [-0.39, 0.29) is 39.4 Å². The van der Waals surface area contributed by atoms with Crippen LogP contribution < -0.4 is 64.7 Å². The molecular weight excluding hydrogens is 1080 g/mol. The maximum Gasteiger partial charge on any atom is 1.00 e. The fourth-order valence-electron chi connectivity index (χ4n) is 7.59. The summed E-state index contributed by atoms with van der Waals surface area (Å²) in [4.78, 5) is 0. The Labute approximate surface area is 456 Å². The molecule has 0 bridgehead atoms. The van der Waals surface area contributed by atoms with Crippen LogP contribution in [0.4, 0.5) is 0 Å². The molecule has 0 aliphatic carbocycles. The van der Waals surface area contributed by atoms with Gasteiger partial charge in [-0.15, -0.1) is 0 Å². The van der Waals surface area contributed by atoms with Gasteiger partial charge in [-0.1, -0.05) is 268 Å². The van der Waals surface area contributed by atoms with Gasteiger partial charge in [0.2, 0.25) is 0 Å². The Bertz CT molecular complexity index is 2340. The van der Waals surface area contributed by atoms with Gasteiger partial charge < -0.3 is 17.0 Å². The maximum absolute atomic E-state index is 7.32. The summed E-state index contributed by atoms with van der Waals surface area (Å²) in [6.07, 6.45) is 0. The zero-order valence-electron chi connectivity index (χ0n) is 42.8. The maximum atomic E-state index is 7.32. The van der Waals surface area contributed by atoms with E-state index in [4.69, 9.17) is 5.26 Å². The van der Waals surface area contributed by atoms with Crippen LogP contribution in [0.3, 0.4) is 0 Å². The summed E-state index contributed by atoms with van der Waals surface area (Å²) in [6.45, 7) is 20.7. The van der Waals surface area contributed by atoms with Crippen molar-refractivity contribution in [2.75, 3.05) is 0 Å². The zero-order chi connectivity index (χ0) is 49.3. The zero-order valence-corrected chi connectivity index (χ0v) is 48.5. The van der Waals surface area contributed by atoms with E-state index in [9.17, 15) is 0 Å². The summed E-state index contributed by atoms with van der Waals surface area (Å²) in [5.74, 6) is 0. The first-order chi connectivity index (χ1) is 33.3. The van der Waals surface area contributed by atoms with Crippen molar-refractivity contribution in [1.82, 2.24) is 0 Å². The largest absolute Gasteiger partial charge is 1.00 e. The Morgan fingerprint density at radius 1 is 0.225 bits per heavy atom. The third kappa shape index (κ3) is 17.6. The van der Waals surface area contributed by atoms with Crippen LogP contribution in [0.2, 0.25) is 0 Å². The number of nitrogens with zero attached hydrogens (tertiary/aromatic N) is 1. The second-order valence-electron chi connectivity index (χ2n) is 17.7. The summed E-state index contributed by atoms with van der Waals surface area (Å²) in [5, 5.41) is 20.0. The standard InChI is InChI=1S/3C21H21P.C2H3N.Ag.BrH/c3*1-16-4-10-19(11-5-16)22(20-12-6-17(2)7-13-20)21-14-8-18(3)9-15-21;1-2-3;;/h3*4-15H,1-3H3;1H3;;1H/q;;;;+1;/p-1. The minimum Gasteiger partial charge on any atom is -1.00 e. The Kier molecular flexibility index (Phi) is 24.3. The molecule has 0 radical (unpaired) electrons. The van der Waals surface area contributed by atoms with Crippen molar-refractivity contribution in [3.63, 3.8) is 0 Å². The first-order valence-corrected chi connectivity index (χ1v) is 27.7. The van der Waals surface area contributed by atoms with Crippen molar-refractivity contribution in [2.45, 2.75) is 69.2 Å². The van der Waals surface area contributed by atoms with Gasteiger partial charge in [0.05, 0.1) is 6.07 Å². The Morgan fingerprint density at radius 2 is 0.296 bits per heavy atom. The van der Waals surface area contributed by atoms with Gasteiger partial charge in [0.25, 0.3) is 0 Å². The number of hydrogen-bond donors (Lipinski definition) is 0. The number of aryl methyl sites for hydroxylation is 9. The number of hydrogen-bond acceptors (Lipinski definition) is 1. The molecule has 0 aliphatic heterocycles. The second kappa shape index (κ2) is 29.5. The topological polar surface area (TPSA) is 23.8 Å². The van der Waals surface area contributed by atoms with Crippen LogP contribution in [0.1, 0.15) is 57.0 Å². The molecule has 0 aliphatic rings. The average Bonchev–Trinajstić information content (AvgIpc) is 3.35. The van der Waals surface area contributed by atoms with E-state index in [2.05, 4.69) is 281 Å². The fourth-order valence-corrected chi connectivity index (χ4v) is 14.3. The molecule has 0 amide bonds. The molecular formula is C65H66AgBrNP3. The molecule has 9 aromatic rings. The smallest absolute Gasteiger partial charge is 1.00 e. The number of rotatable bonds is 9. The Hall–Kier alpha value is -5.02. The monoisotopic (exact) mass is 1140 g/mol. The van der Waals surface area contributed by atoms with Crippen molar-refractivity contribution in [1.29, 1.82) is 5.26 Å². The van der Waals surface area contributed by atoms with E-state index in [0.717, 1.165) is 0 Å². The van der Waals surface area contributed by atoms with Gasteiger partial charge in [-0.05, 0) is 134 Å². The molecule has 0 heterocycles. The van der Waals surface area contributed by atoms with E-state index in [1.54, 1.807) is 6.07 Å². The molecule has 0 unspecified atom stereocenters. The van der Waals surface area contributed by atoms with Crippen LogP contribution in [0.15, 0.2) is 218 Å². The molecule has 0 spiro atoms. The molecule has 9 rings (SSSR count). The molecule has 0 N–H and O–H groups in total. The van der Waals surface area contributed by atoms with Gasteiger partial charge >= 0.3 is 22.4 Å². The molecule has 9 aromatic carbocycles. The summed E-state index contributed by atoms with van der Waals surface area (Å²) < 4.78 is 0. The van der Waals surface area contributed by atoms with Crippen LogP contribution in [0, 0.1) is 73.6 Å². The molecule has 0 saturated heterocycles. The van der Waals surface area contributed by atoms with Gasteiger partial charge in [-0.2, -0.15) is 5.26 Å². The van der Waals surface area contributed by atoms with Gasteiger partial charge in [-0.3, -0.25) is 0 Å². The molecule has 0 saturated carbocycles.